The number of hydrogen-bond acceptors (Lipinski definition) is 3. The Morgan fingerprint density at radius 1 is 1.40 bits per heavy atom. The Labute approximate surface area is 119 Å². The van der Waals surface area contributed by atoms with Crippen molar-refractivity contribution in [3.63, 3.8) is 0 Å². The lowest BCUT2D eigenvalue weighted by Crippen LogP contribution is -2.31. The summed E-state index contributed by atoms with van der Waals surface area (Å²) in [5.41, 5.74) is 1.85. The van der Waals surface area contributed by atoms with E-state index in [2.05, 4.69) is 15.3 Å². The summed E-state index contributed by atoms with van der Waals surface area (Å²) in [6.45, 7) is 1.52. The third-order valence-corrected chi connectivity index (χ3v) is 3.33. The highest BCUT2D eigenvalue weighted by Gasteiger charge is 2.15. The molecule has 0 aliphatic carbocycles. The van der Waals surface area contributed by atoms with Crippen LogP contribution in [0.5, 0.6) is 0 Å². The number of benzene rings is 1. The van der Waals surface area contributed by atoms with Gasteiger partial charge in [0.1, 0.15) is 5.82 Å². The molecule has 0 saturated carbocycles. The summed E-state index contributed by atoms with van der Waals surface area (Å²) in [7, 11) is 5.78. The van der Waals surface area contributed by atoms with Gasteiger partial charge >= 0.3 is 0 Å². The van der Waals surface area contributed by atoms with Crippen LogP contribution < -0.4 is 5.32 Å². The quantitative estimate of drug-likeness (QED) is 0.875. The van der Waals surface area contributed by atoms with Gasteiger partial charge in [-0.3, -0.25) is 4.68 Å². The highest BCUT2D eigenvalue weighted by molar-refractivity contribution is 5.21. The van der Waals surface area contributed by atoms with Gasteiger partial charge in [0, 0.05) is 43.5 Å². The molecule has 0 aliphatic heterocycles. The Hall–Kier alpha value is -1.72. The van der Waals surface area contributed by atoms with Gasteiger partial charge in [0.2, 0.25) is 0 Å². The minimum atomic E-state index is -0.165. The van der Waals surface area contributed by atoms with E-state index in [0.29, 0.717) is 5.56 Å². The number of likely N-dealkylation sites (N-methyl/N-ethyl adjacent to an activating group) is 2. The fourth-order valence-corrected chi connectivity index (χ4v) is 2.34. The predicted octanol–water partition coefficient (Wildman–Crippen LogP) is 1.95. The van der Waals surface area contributed by atoms with Crippen molar-refractivity contribution in [2.45, 2.75) is 12.6 Å². The molecule has 1 unspecified atom stereocenters. The van der Waals surface area contributed by atoms with Crippen molar-refractivity contribution in [3.8, 4) is 0 Å². The first-order valence-electron chi connectivity index (χ1n) is 6.68. The van der Waals surface area contributed by atoms with E-state index in [1.807, 2.05) is 45.7 Å². The van der Waals surface area contributed by atoms with Crippen LogP contribution in [0, 0.1) is 5.82 Å². The second-order valence-corrected chi connectivity index (χ2v) is 5.08. The minimum absolute atomic E-state index is 0.0297. The van der Waals surface area contributed by atoms with E-state index < -0.39 is 0 Å². The van der Waals surface area contributed by atoms with Gasteiger partial charge in [-0.25, -0.2) is 4.39 Å². The van der Waals surface area contributed by atoms with Crippen molar-refractivity contribution in [1.82, 2.24) is 20.0 Å². The molecule has 1 aromatic carbocycles. The lowest BCUT2D eigenvalue weighted by atomic mass is 10.1. The van der Waals surface area contributed by atoms with Crippen molar-refractivity contribution in [2.24, 2.45) is 7.05 Å². The van der Waals surface area contributed by atoms with E-state index in [1.54, 1.807) is 10.7 Å². The molecule has 5 heteroatoms. The molecule has 0 saturated heterocycles. The van der Waals surface area contributed by atoms with Crippen LogP contribution in [0.2, 0.25) is 0 Å². The van der Waals surface area contributed by atoms with Crippen LogP contribution in [0.15, 0.2) is 36.7 Å². The summed E-state index contributed by atoms with van der Waals surface area (Å²) in [5.74, 6) is -0.165. The lowest BCUT2D eigenvalue weighted by Gasteiger charge is -2.24. The molecule has 0 spiro atoms. The Bertz CT molecular complexity index is 552. The van der Waals surface area contributed by atoms with Gasteiger partial charge in [0.05, 0.1) is 6.20 Å². The second kappa shape index (κ2) is 6.63. The predicted molar refractivity (Wildman–Crippen MR) is 77.7 cm³/mol. The van der Waals surface area contributed by atoms with Crippen molar-refractivity contribution in [1.29, 1.82) is 0 Å². The van der Waals surface area contributed by atoms with Crippen molar-refractivity contribution in [3.05, 3.63) is 53.6 Å². The van der Waals surface area contributed by atoms with Crippen molar-refractivity contribution < 1.29 is 4.39 Å². The molecule has 1 N–H and O–H groups in total. The molecular formula is C15H21FN4. The van der Waals surface area contributed by atoms with Crippen molar-refractivity contribution >= 4 is 0 Å². The van der Waals surface area contributed by atoms with Crippen LogP contribution in [-0.4, -0.2) is 35.3 Å². The summed E-state index contributed by atoms with van der Waals surface area (Å²) in [5, 5.41) is 7.33. The molecule has 0 radical (unpaired) electrons. The number of aryl methyl sites for hydroxylation is 1. The van der Waals surface area contributed by atoms with Crippen LogP contribution in [-0.2, 0) is 13.6 Å². The average molecular weight is 276 g/mol. The third-order valence-electron chi connectivity index (χ3n) is 3.33. The molecule has 2 aromatic rings. The smallest absolute Gasteiger partial charge is 0.128 e. The van der Waals surface area contributed by atoms with Gasteiger partial charge in [0.25, 0.3) is 0 Å². The fraction of sp³-hybridized carbons (Fsp3) is 0.400. The summed E-state index contributed by atoms with van der Waals surface area (Å²) >= 11 is 0. The van der Waals surface area contributed by atoms with E-state index in [-0.39, 0.29) is 11.9 Å². The maximum atomic E-state index is 13.8. The van der Waals surface area contributed by atoms with E-state index in [0.717, 1.165) is 18.7 Å². The zero-order chi connectivity index (χ0) is 14.5. The lowest BCUT2D eigenvalue weighted by molar-refractivity contribution is 0.286. The fourth-order valence-electron chi connectivity index (χ4n) is 2.34. The van der Waals surface area contributed by atoms with Gasteiger partial charge in [-0.2, -0.15) is 5.10 Å². The minimum Gasteiger partial charge on any atom is -0.312 e. The monoisotopic (exact) mass is 276 g/mol. The first-order valence-corrected chi connectivity index (χ1v) is 6.68. The zero-order valence-corrected chi connectivity index (χ0v) is 12.2. The SMILES string of the molecule is CNC(CN(C)Cc1cnn(C)c1)c1ccccc1F. The molecule has 108 valence electrons. The molecule has 0 fully saturated rings. The molecule has 1 aromatic heterocycles. The average Bonchev–Trinajstić information content (AvgIpc) is 2.82. The molecular weight excluding hydrogens is 255 g/mol. The summed E-state index contributed by atoms with van der Waals surface area (Å²) < 4.78 is 15.6. The Morgan fingerprint density at radius 2 is 2.15 bits per heavy atom. The van der Waals surface area contributed by atoms with Gasteiger partial charge < -0.3 is 10.2 Å². The second-order valence-electron chi connectivity index (χ2n) is 5.08. The number of aromatic nitrogens is 2. The van der Waals surface area contributed by atoms with Crippen molar-refractivity contribution in [2.75, 3.05) is 20.6 Å². The molecule has 2 rings (SSSR count). The Kier molecular flexibility index (Phi) is 4.87. The first-order chi connectivity index (χ1) is 9.60. The van der Waals surface area contributed by atoms with E-state index in [4.69, 9.17) is 0 Å². The molecule has 1 atom stereocenters. The largest absolute Gasteiger partial charge is 0.312 e. The van der Waals surface area contributed by atoms with Crippen LogP contribution in [0.1, 0.15) is 17.2 Å². The van der Waals surface area contributed by atoms with Gasteiger partial charge in [-0.1, -0.05) is 18.2 Å². The van der Waals surface area contributed by atoms with Gasteiger partial charge in [0.15, 0.2) is 0 Å². The molecule has 0 amide bonds. The normalized spacial score (nSPS) is 12.8. The molecule has 20 heavy (non-hydrogen) atoms. The van der Waals surface area contributed by atoms with Crippen LogP contribution in [0.3, 0.4) is 0 Å². The Morgan fingerprint density at radius 3 is 2.75 bits per heavy atom. The number of nitrogens with zero attached hydrogens (tertiary/aromatic N) is 3. The number of nitrogens with one attached hydrogen (secondary N) is 1. The Balaban J connectivity index is 2.01. The van der Waals surface area contributed by atoms with E-state index in [9.17, 15) is 4.39 Å². The van der Waals surface area contributed by atoms with Crippen LogP contribution in [0.25, 0.3) is 0 Å². The van der Waals surface area contributed by atoms with Gasteiger partial charge in [-0.15, -0.1) is 0 Å². The van der Waals surface area contributed by atoms with Crippen LogP contribution >= 0.6 is 0 Å². The zero-order valence-electron chi connectivity index (χ0n) is 12.2. The van der Waals surface area contributed by atoms with Crippen LogP contribution in [0.4, 0.5) is 4.39 Å². The summed E-state index contributed by atoms with van der Waals surface area (Å²) in [6.07, 6.45) is 3.85. The molecule has 0 bridgehead atoms. The summed E-state index contributed by atoms with van der Waals surface area (Å²) in [4.78, 5) is 2.16. The number of rotatable bonds is 6. The summed E-state index contributed by atoms with van der Waals surface area (Å²) in [6, 6.07) is 6.88. The van der Waals surface area contributed by atoms with Gasteiger partial charge in [-0.05, 0) is 20.2 Å². The number of halogens is 1. The standard InChI is InChI=1S/C15H21FN4/c1-17-15(13-6-4-5-7-14(13)16)11-19(2)9-12-8-18-20(3)10-12/h4-8,10,15,17H,9,11H2,1-3H3. The molecule has 1 heterocycles. The maximum Gasteiger partial charge on any atom is 0.128 e. The van der Waals surface area contributed by atoms with E-state index in [1.165, 1.54) is 6.07 Å². The molecule has 0 aliphatic rings. The highest BCUT2D eigenvalue weighted by atomic mass is 19.1. The molecule has 4 nitrogen and oxygen atoms in total. The first kappa shape index (κ1) is 14.7. The van der Waals surface area contributed by atoms with E-state index >= 15 is 0 Å². The maximum absolute atomic E-state index is 13.8. The topological polar surface area (TPSA) is 33.1 Å². The third kappa shape index (κ3) is 3.65. The highest BCUT2D eigenvalue weighted by Crippen LogP contribution is 2.18. The number of hydrogen-bond donors (Lipinski definition) is 1.